The summed E-state index contributed by atoms with van der Waals surface area (Å²) >= 11 is 7.23. The van der Waals surface area contributed by atoms with E-state index in [1.807, 2.05) is 0 Å². The molecule has 5 nitrogen and oxygen atoms in total. The minimum absolute atomic E-state index is 0.104. The maximum atomic E-state index is 8.74. The predicted molar refractivity (Wildman–Crippen MR) is 64.1 cm³/mol. The molecular formula is C9H13ClN4OS. The molecule has 88 valence electrons. The molecular weight excluding hydrogens is 248 g/mol. The Labute approximate surface area is 103 Å². The summed E-state index contributed by atoms with van der Waals surface area (Å²) in [5, 5.41) is 9.54. The van der Waals surface area contributed by atoms with Crippen molar-refractivity contribution in [1.29, 1.82) is 0 Å². The van der Waals surface area contributed by atoms with Crippen LogP contribution >= 0.6 is 23.4 Å². The lowest BCUT2D eigenvalue weighted by molar-refractivity contribution is 0.322. The lowest BCUT2D eigenvalue weighted by Crippen LogP contribution is -2.21. The van der Waals surface area contributed by atoms with E-state index >= 15 is 0 Å². The summed E-state index contributed by atoms with van der Waals surface area (Å²) in [6.07, 6.45) is 2.34. The number of aliphatic hydroxyl groups excluding tert-OH is 1. The van der Waals surface area contributed by atoms with Crippen LogP contribution in [0.1, 0.15) is 12.8 Å². The molecule has 0 radical (unpaired) electrons. The van der Waals surface area contributed by atoms with Crippen LogP contribution in [0, 0.1) is 0 Å². The van der Waals surface area contributed by atoms with Crippen LogP contribution in [0.4, 0.5) is 5.95 Å². The van der Waals surface area contributed by atoms with Gasteiger partial charge in [0, 0.05) is 18.8 Å². The third-order valence-electron chi connectivity index (χ3n) is 2.29. The molecule has 2 heterocycles. The molecule has 1 aliphatic rings. The van der Waals surface area contributed by atoms with Crippen molar-refractivity contribution in [2.45, 2.75) is 18.0 Å². The Morgan fingerprint density at radius 1 is 1.25 bits per heavy atom. The first kappa shape index (κ1) is 11.9. The zero-order valence-corrected chi connectivity index (χ0v) is 10.3. The van der Waals surface area contributed by atoms with E-state index in [0.717, 1.165) is 13.1 Å². The molecule has 1 fully saturated rings. The van der Waals surface area contributed by atoms with E-state index in [-0.39, 0.29) is 11.9 Å². The first-order valence-corrected chi connectivity index (χ1v) is 6.56. The molecule has 1 N–H and O–H groups in total. The van der Waals surface area contributed by atoms with Crippen molar-refractivity contribution in [3.63, 3.8) is 0 Å². The van der Waals surface area contributed by atoms with Gasteiger partial charge >= 0.3 is 0 Å². The largest absolute Gasteiger partial charge is 0.396 e. The quantitative estimate of drug-likeness (QED) is 0.821. The number of anilines is 1. The molecule has 0 unspecified atom stereocenters. The van der Waals surface area contributed by atoms with Crippen LogP contribution < -0.4 is 4.90 Å². The summed E-state index contributed by atoms with van der Waals surface area (Å²) < 4.78 is 0. The molecule has 2 rings (SSSR count). The molecule has 1 aromatic heterocycles. The number of hydrogen-bond donors (Lipinski definition) is 1. The van der Waals surface area contributed by atoms with Gasteiger partial charge in [-0.2, -0.15) is 15.0 Å². The maximum Gasteiger partial charge on any atom is 0.230 e. The van der Waals surface area contributed by atoms with Crippen molar-refractivity contribution >= 4 is 29.3 Å². The molecule has 1 saturated heterocycles. The number of halogens is 1. The van der Waals surface area contributed by atoms with Crippen LogP contribution in [0.3, 0.4) is 0 Å². The van der Waals surface area contributed by atoms with Gasteiger partial charge in [-0.1, -0.05) is 11.8 Å². The highest BCUT2D eigenvalue weighted by molar-refractivity contribution is 7.99. The van der Waals surface area contributed by atoms with Gasteiger partial charge in [0.25, 0.3) is 0 Å². The molecule has 0 spiro atoms. The zero-order valence-electron chi connectivity index (χ0n) is 8.76. The Kier molecular flexibility index (Phi) is 4.20. The minimum Gasteiger partial charge on any atom is -0.396 e. The number of aliphatic hydroxyl groups is 1. The van der Waals surface area contributed by atoms with Crippen LogP contribution in [0.5, 0.6) is 0 Å². The van der Waals surface area contributed by atoms with E-state index in [1.54, 1.807) is 0 Å². The second-order valence-corrected chi connectivity index (χ2v) is 4.85. The first-order chi connectivity index (χ1) is 7.79. The zero-order chi connectivity index (χ0) is 11.4. The molecule has 0 atom stereocenters. The van der Waals surface area contributed by atoms with Crippen molar-refractivity contribution in [3.05, 3.63) is 5.28 Å². The van der Waals surface area contributed by atoms with E-state index in [2.05, 4.69) is 19.9 Å². The van der Waals surface area contributed by atoms with Crippen molar-refractivity contribution in [3.8, 4) is 0 Å². The smallest absolute Gasteiger partial charge is 0.230 e. The van der Waals surface area contributed by atoms with Crippen molar-refractivity contribution in [2.75, 3.05) is 30.3 Å². The fourth-order valence-electron chi connectivity index (χ4n) is 1.58. The van der Waals surface area contributed by atoms with Gasteiger partial charge in [-0.3, -0.25) is 0 Å². The Bertz CT molecular complexity index is 359. The van der Waals surface area contributed by atoms with Crippen LogP contribution in [0.15, 0.2) is 5.16 Å². The summed E-state index contributed by atoms with van der Waals surface area (Å²) in [4.78, 5) is 14.6. The average Bonchev–Trinajstić information content (AvgIpc) is 2.79. The fourth-order valence-corrected chi connectivity index (χ4v) is 2.36. The topological polar surface area (TPSA) is 62.1 Å². The lowest BCUT2D eigenvalue weighted by atomic mass is 10.4. The lowest BCUT2D eigenvalue weighted by Gasteiger charge is -2.15. The van der Waals surface area contributed by atoms with Crippen LogP contribution in [0.2, 0.25) is 5.28 Å². The van der Waals surface area contributed by atoms with Crippen LogP contribution in [-0.2, 0) is 0 Å². The molecule has 0 aromatic carbocycles. The molecule has 1 aliphatic heterocycles. The van der Waals surface area contributed by atoms with Gasteiger partial charge in [0.15, 0.2) is 5.16 Å². The Balaban J connectivity index is 2.14. The van der Waals surface area contributed by atoms with E-state index in [0.29, 0.717) is 16.9 Å². The molecule has 16 heavy (non-hydrogen) atoms. The Morgan fingerprint density at radius 2 is 2.00 bits per heavy atom. The van der Waals surface area contributed by atoms with Gasteiger partial charge < -0.3 is 10.0 Å². The molecule has 0 saturated carbocycles. The molecule has 1 aromatic rings. The number of rotatable bonds is 4. The Morgan fingerprint density at radius 3 is 2.69 bits per heavy atom. The third kappa shape index (κ3) is 2.96. The molecule has 0 bridgehead atoms. The second-order valence-electron chi connectivity index (χ2n) is 3.45. The van der Waals surface area contributed by atoms with E-state index < -0.39 is 0 Å². The molecule has 0 aliphatic carbocycles. The van der Waals surface area contributed by atoms with Gasteiger partial charge in [0.05, 0.1) is 6.61 Å². The highest BCUT2D eigenvalue weighted by Gasteiger charge is 2.16. The van der Waals surface area contributed by atoms with Crippen LogP contribution in [0.25, 0.3) is 0 Å². The predicted octanol–water partition coefficient (Wildman–Crippen LogP) is 1.21. The number of aromatic nitrogens is 3. The van der Waals surface area contributed by atoms with Gasteiger partial charge in [-0.15, -0.1) is 0 Å². The summed E-state index contributed by atoms with van der Waals surface area (Å²) in [6, 6.07) is 0. The molecule has 7 heteroatoms. The van der Waals surface area contributed by atoms with Crippen molar-refractivity contribution in [1.82, 2.24) is 15.0 Å². The normalized spacial score (nSPS) is 15.8. The second kappa shape index (κ2) is 5.65. The van der Waals surface area contributed by atoms with Gasteiger partial charge in [0.1, 0.15) is 0 Å². The average molecular weight is 261 g/mol. The van der Waals surface area contributed by atoms with Crippen LogP contribution in [-0.4, -0.2) is 45.5 Å². The van der Waals surface area contributed by atoms with Crippen molar-refractivity contribution < 1.29 is 5.11 Å². The first-order valence-electron chi connectivity index (χ1n) is 5.20. The standard InChI is InChI=1S/C9H13ClN4OS/c10-7-11-8(14-3-1-2-4-14)13-9(12-7)16-6-5-15/h15H,1-6H2. The number of thioether (sulfide) groups is 1. The van der Waals surface area contributed by atoms with E-state index in [1.165, 1.54) is 24.6 Å². The maximum absolute atomic E-state index is 8.74. The van der Waals surface area contributed by atoms with Gasteiger partial charge in [-0.25, -0.2) is 0 Å². The summed E-state index contributed by atoms with van der Waals surface area (Å²) in [5.41, 5.74) is 0. The highest BCUT2D eigenvalue weighted by atomic mass is 35.5. The fraction of sp³-hybridized carbons (Fsp3) is 0.667. The van der Waals surface area contributed by atoms with Crippen molar-refractivity contribution in [2.24, 2.45) is 0 Å². The van der Waals surface area contributed by atoms with E-state index in [9.17, 15) is 0 Å². The van der Waals surface area contributed by atoms with E-state index in [4.69, 9.17) is 16.7 Å². The summed E-state index contributed by atoms with van der Waals surface area (Å²) in [5.74, 6) is 1.22. The van der Waals surface area contributed by atoms with Gasteiger partial charge in [-0.05, 0) is 24.4 Å². The number of hydrogen-bond acceptors (Lipinski definition) is 6. The minimum atomic E-state index is 0.104. The third-order valence-corrected chi connectivity index (χ3v) is 3.28. The highest BCUT2D eigenvalue weighted by Crippen LogP contribution is 2.21. The molecule has 0 amide bonds. The Hall–Kier alpha value is -0.590. The SMILES string of the molecule is OCCSc1nc(Cl)nc(N2CCCC2)n1. The summed E-state index contributed by atoms with van der Waals surface area (Å²) in [6.45, 7) is 2.06. The monoisotopic (exact) mass is 260 g/mol. The summed E-state index contributed by atoms with van der Waals surface area (Å²) in [7, 11) is 0. The number of nitrogens with zero attached hydrogens (tertiary/aromatic N) is 4. The van der Waals surface area contributed by atoms with Gasteiger partial charge in [0.2, 0.25) is 11.2 Å².